The van der Waals surface area contributed by atoms with Gasteiger partial charge in [0.1, 0.15) is 0 Å². The number of carboxylic acids is 1. The number of hydrogen-bond donors (Lipinski definition) is 1. The molecule has 0 aliphatic rings. The van der Waals surface area contributed by atoms with Crippen molar-refractivity contribution in [1.29, 1.82) is 0 Å². The van der Waals surface area contributed by atoms with E-state index < -0.39 is 5.97 Å². The Morgan fingerprint density at radius 2 is 2.05 bits per heavy atom. The molecular weight excluding hydrogens is 283 g/mol. The molecule has 0 spiro atoms. The van der Waals surface area contributed by atoms with Crippen molar-refractivity contribution in [2.24, 2.45) is 0 Å². The zero-order valence-corrected chi connectivity index (χ0v) is 12.2. The monoisotopic (exact) mass is 298 g/mol. The fourth-order valence-electron chi connectivity index (χ4n) is 1.63. The van der Waals surface area contributed by atoms with Crippen LogP contribution in [0.2, 0.25) is 10.0 Å². The maximum Gasteiger partial charge on any atom is 0.328 e. The standard InChI is InChI=1S/C15H16Cl2O2/c1-11(9-15(18)19)5-3-2-4-6-12-7-8-13(16)14(17)10-12/h3,5,7-10H,2,4,6H2,1H3,(H,18,19)/b5-3+,11-9+. The van der Waals surface area contributed by atoms with E-state index in [9.17, 15) is 4.79 Å². The van der Waals surface area contributed by atoms with Crippen LogP contribution < -0.4 is 0 Å². The Morgan fingerprint density at radius 1 is 1.32 bits per heavy atom. The second kappa shape index (κ2) is 8.03. The van der Waals surface area contributed by atoms with Crippen molar-refractivity contribution in [3.05, 3.63) is 57.6 Å². The van der Waals surface area contributed by atoms with Crippen molar-refractivity contribution in [3.63, 3.8) is 0 Å². The summed E-state index contributed by atoms with van der Waals surface area (Å²) in [5.74, 6) is -0.919. The van der Waals surface area contributed by atoms with E-state index in [1.807, 2.05) is 24.3 Å². The number of aryl methyl sites for hydroxylation is 1. The van der Waals surface area contributed by atoms with E-state index in [1.165, 1.54) is 6.08 Å². The average molecular weight is 299 g/mol. The first-order valence-corrected chi connectivity index (χ1v) is 6.76. The van der Waals surface area contributed by atoms with Crippen LogP contribution in [0.1, 0.15) is 25.3 Å². The molecule has 1 rings (SSSR count). The fourth-order valence-corrected chi connectivity index (χ4v) is 1.95. The molecule has 0 saturated heterocycles. The zero-order chi connectivity index (χ0) is 14.3. The smallest absolute Gasteiger partial charge is 0.328 e. The predicted molar refractivity (Wildman–Crippen MR) is 79.9 cm³/mol. The normalized spacial score (nSPS) is 12.1. The Bertz CT molecular complexity index is 505. The van der Waals surface area contributed by atoms with Crippen LogP contribution in [0.15, 0.2) is 42.0 Å². The van der Waals surface area contributed by atoms with Crippen LogP contribution in [0.25, 0.3) is 0 Å². The van der Waals surface area contributed by atoms with Crippen molar-refractivity contribution >= 4 is 29.2 Å². The third kappa shape index (κ3) is 6.46. The van der Waals surface area contributed by atoms with Crippen molar-refractivity contribution in [1.82, 2.24) is 0 Å². The second-order valence-corrected chi connectivity index (χ2v) is 5.08. The lowest BCUT2D eigenvalue weighted by atomic mass is 10.1. The molecule has 1 aromatic rings. The Balaban J connectivity index is 2.36. The van der Waals surface area contributed by atoms with E-state index >= 15 is 0 Å². The largest absolute Gasteiger partial charge is 0.478 e. The zero-order valence-electron chi connectivity index (χ0n) is 10.7. The summed E-state index contributed by atoms with van der Waals surface area (Å²) in [6, 6.07) is 5.64. The molecule has 0 atom stereocenters. The van der Waals surface area contributed by atoms with E-state index in [-0.39, 0.29) is 0 Å². The van der Waals surface area contributed by atoms with Gasteiger partial charge < -0.3 is 5.11 Å². The number of rotatable bonds is 6. The summed E-state index contributed by atoms with van der Waals surface area (Å²) in [6.07, 6.45) is 7.79. The number of carboxylic acid groups (broad SMARTS) is 1. The van der Waals surface area contributed by atoms with Gasteiger partial charge >= 0.3 is 5.97 Å². The molecule has 102 valence electrons. The van der Waals surface area contributed by atoms with E-state index in [2.05, 4.69) is 0 Å². The van der Waals surface area contributed by atoms with Crippen LogP contribution in [0, 0.1) is 0 Å². The maximum atomic E-state index is 10.4. The Kier molecular flexibility index (Phi) is 6.68. The van der Waals surface area contributed by atoms with E-state index in [0.29, 0.717) is 10.0 Å². The first kappa shape index (κ1) is 15.8. The van der Waals surface area contributed by atoms with Crippen LogP contribution in [0.3, 0.4) is 0 Å². The van der Waals surface area contributed by atoms with Gasteiger partial charge in [0.25, 0.3) is 0 Å². The minimum atomic E-state index is -0.919. The van der Waals surface area contributed by atoms with Gasteiger partial charge in [0, 0.05) is 6.08 Å². The minimum absolute atomic E-state index is 0.569. The van der Waals surface area contributed by atoms with Gasteiger partial charge in [-0.2, -0.15) is 0 Å². The van der Waals surface area contributed by atoms with Crippen molar-refractivity contribution in [2.75, 3.05) is 0 Å². The first-order chi connectivity index (χ1) is 8.99. The second-order valence-electron chi connectivity index (χ2n) is 4.27. The highest BCUT2D eigenvalue weighted by atomic mass is 35.5. The molecule has 0 unspecified atom stereocenters. The molecule has 0 heterocycles. The average Bonchev–Trinajstić information content (AvgIpc) is 2.32. The quantitative estimate of drug-likeness (QED) is 0.460. The predicted octanol–water partition coefficient (Wildman–Crippen LogP) is 4.90. The molecule has 0 radical (unpaired) electrons. The summed E-state index contributed by atoms with van der Waals surface area (Å²) < 4.78 is 0. The molecule has 2 nitrogen and oxygen atoms in total. The molecule has 0 aliphatic carbocycles. The maximum absolute atomic E-state index is 10.4. The summed E-state index contributed by atoms with van der Waals surface area (Å²) in [6.45, 7) is 1.77. The highest BCUT2D eigenvalue weighted by Crippen LogP contribution is 2.23. The van der Waals surface area contributed by atoms with Gasteiger partial charge in [0.15, 0.2) is 0 Å². The third-order valence-corrected chi connectivity index (χ3v) is 3.29. The van der Waals surface area contributed by atoms with E-state index in [1.54, 1.807) is 13.0 Å². The van der Waals surface area contributed by atoms with Crippen LogP contribution in [0.5, 0.6) is 0 Å². The summed E-state index contributed by atoms with van der Waals surface area (Å²) in [5, 5.41) is 9.70. The highest BCUT2D eigenvalue weighted by Gasteiger charge is 1.98. The molecule has 0 saturated carbocycles. The highest BCUT2D eigenvalue weighted by molar-refractivity contribution is 6.42. The van der Waals surface area contributed by atoms with Crippen LogP contribution >= 0.6 is 23.2 Å². The lowest BCUT2D eigenvalue weighted by Gasteiger charge is -2.01. The molecule has 0 aliphatic heterocycles. The molecule has 1 aromatic carbocycles. The van der Waals surface area contributed by atoms with E-state index in [4.69, 9.17) is 28.3 Å². The molecular formula is C15H16Cl2O2. The van der Waals surface area contributed by atoms with Crippen LogP contribution in [0.4, 0.5) is 0 Å². The Hall–Kier alpha value is -1.25. The Morgan fingerprint density at radius 3 is 2.68 bits per heavy atom. The Labute approximate surface area is 123 Å². The van der Waals surface area contributed by atoms with Gasteiger partial charge in [-0.15, -0.1) is 0 Å². The number of allylic oxidation sites excluding steroid dienone is 3. The number of hydrogen-bond acceptors (Lipinski definition) is 1. The number of halogens is 2. The summed E-state index contributed by atoms with van der Waals surface area (Å²) in [5.41, 5.74) is 1.89. The van der Waals surface area contributed by atoms with Crippen molar-refractivity contribution in [3.8, 4) is 0 Å². The molecule has 0 amide bonds. The van der Waals surface area contributed by atoms with Gasteiger partial charge in [-0.05, 0) is 49.5 Å². The van der Waals surface area contributed by atoms with Gasteiger partial charge in [-0.1, -0.05) is 41.4 Å². The van der Waals surface area contributed by atoms with Gasteiger partial charge in [-0.3, -0.25) is 0 Å². The number of unbranched alkanes of at least 4 members (excludes halogenated alkanes) is 1. The molecule has 4 heteroatoms. The van der Waals surface area contributed by atoms with Gasteiger partial charge in [-0.25, -0.2) is 4.79 Å². The third-order valence-electron chi connectivity index (χ3n) is 2.55. The SMILES string of the molecule is CC(/C=C/CCCc1ccc(Cl)c(Cl)c1)=C\C(=O)O. The lowest BCUT2D eigenvalue weighted by Crippen LogP contribution is -1.88. The molecule has 0 bridgehead atoms. The topological polar surface area (TPSA) is 37.3 Å². The molecule has 0 fully saturated rings. The van der Waals surface area contributed by atoms with Gasteiger partial charge in [0.05, 0.1) is 10.0 Å². The van der Waals surface area contributed by atoms with Crippen LogP contribution in [-0.4, -0.2) is 11.1 Å². The summed E-state index contributed by atoms with van der Waals surface area (Å²) >= 11 is 11.8. The molecule has 0 aromatic heterocycles. The number of benzene rings is 1. The van der Waals surface area contributed by atoms with Crippen LogP contribution in [-0.2, 0) is 11.2 Å². The van der Waals surface area contributed by atoms with Crippen molar-refractivity contribution in [2.45, 2.75) is 26.2 Å². The fraction of sp³-hybridized carbons (Fsp3) is 0.267. The van der Waals surface area contributed by atoms with Gasteiger partial charge in [0.2, 0.25) is 0 Å². The van der Waals surface area contributed by atoms with Crippen molar-refractivity contribution < 1.29 is 9.90 Å². The van der Waals surface area contributed by atoms with E-state index in [0.717, 1.165) is 30.4 Å². The molecule has 19 heavy (non-hydrogen) atoms. The molecule has 1 N–H and O–H groups in total. The summed E-state index contributed by atoms with van der Waals surface area (Å²) in [7, 11) is 0. The summed E-state index contributed by atoms with van der Waals surface area (Å²) in [4.78, 5) is 10.4. The number of aliphatic carboxylic acids is 1. The lowest BCUT2D eigenvalue weighted by molar-refractivity contribution is -0.131. The number of carbonyl (C=O) groups is 1. The minimum Gasteiger partial charge on any atom is -0.478 e. The first-order valence-electron chi connectivity index (χ1n) is 6.00.